The molecule has 0 aromatic carbocycles. The predicted octanol–water partition coefficient (Wildman–Crippen LogP) is 0.876. The fraction of sp³-hybridized carbons (Fsp3) is 0.647. The number of hydrogen-bond donors (Lipinski definition) is 16. The maximum atomic E-state index is 14.3. The second kappa shape index (κ2) is 33.7. The second-order valence-corrected chi connectivity index (χ2v) is 34.5. The van der Waals surface area contributed by atoms with E-state index in [9.17, 15) is 77.7 Å². The summed E-state index contributed by atoms with van der Waals surface area (Å²) in [7, 11) is -11.1. The molecule has 5 unspecified atom stereocenters. The molecule has 4 aromatic rings. The largest absolute Gasteiger partial charge is 0.685 e. The molecule has 24 N–H and O–H groups in total. The van der Waals surface area contributed by atoms with E-state index in [4.69, 9.17) is 85.7 Å². The van der Waals surface area contributed by atoms with Gasteiger partial charge in [0.05, 0.1) is 31.5 Å². The first-order chi connectivity index (χ1) is 52.1. The number of amides is 7. The van der Waals surface area contributed by atoms with Crippen molar-refractivity contribution in [2.75, 3.05) is 24.6 Å². The zero-order valence-corrected chi connectivity index (χ0v) is 66.4. The van der Waals surface area contributed by atoms with Gasteiger partial charge in [-0.2, -0.15) is 26.4 Å². The van der Waals surface area contributed by atoms with Crippen LogP contribution in [0.3, 0.4) is 0 Å². The molecule has 0 saturated carbocycles. The van der Waals surface area contributed by atoms with Crippen molar-refractivity contribution in [2.45, 2.75) is 218 Å². The zero-order chi connectivity index (χ0) is 82.8. The molecule has 0 aliphatic carbocycles. The van der Waals surface area contributed by atoms with Crippen molar-refractivity contribution in [1.29, 1.82) is 0 Å². The van der Waals surface area contributed by atoms with E-state index in [-0.39, 0.29) is 110 Å². The predicted molar refractivity (Wildman–Crippen MR) is 398 cm³/mol. The molecule has 11 heterocycles. The monoisotopic (exact) mass is 1670 g/mol. The van der Waals surface area contributed by atoms with Crippen LogP contribution >= 0.6 is 15.6 Å². The number of nitrogens with two attached hydrogens (primary N) is 8. The number of aliphatic hydroxyl groups is 4. The molecule has 113 heavy (non-hydrogen) atoms. The van der Waals surface area contributed by atoms with Crippen molar-refractivity contribution in [3.63, 3.8) is 0 Å². The number of aliphatic hydroxyl groups excluding tert-OH is 4. The van der Waals surface area contributed by atoms with Gasteiger partial charge in [0.25, 0.3) is 5.56 Å². The van der Waals surface area contributed by atoms with Crippen LogP contribution in [0.2, 0.25) is 0 Å². The first-order valence-corrected chi connectivity index (χ1v) is 39.3. The van der Waals surface area contributed by atoms with Crippen LogP contribution < -0.4 is 56.7 Å². The second-order valence-electron chi connectivity index (χ2n) is 31.5. The van der Waals surface area contributed by atoms with Gasteiger partial charge in [-0.15, -0.1) is 46.9 Å². The van der Waals surface area contributed by atoms with Crippen LogP contribution in [0.15, 0.2) is 58.1 Å². The molecule has 1 radical (unpaired) electrons. The fourth-order valence-electron chi connectivity index (χ4n) is 17.8. The van der Waals surface area contributed by atoms with Crippen LogP contribution in [0.25, 0.3) is 43.6 Å². The Hall–Kier alpha value is -7.94. The molecule has 627 valence electrons. The van der Waals surface area contributed by atoms with E-state index in [2.05, 4.69) is 46.5 Å². The third-order valence-electron chi connectivity index (χ3n) is 23.7. The summed E-state index contributed by atoms with van der Waals surface area (Å²) in [4.78, 5) is 149. The van der Waals surface area contributed by atoms with Crippen molar-refractivity contribution in [3.8, 4) is 0 Å². The number of ether oxygens (including phenoxy) is 2. The number of nitrogen functional groups attached to an aromatic ring is 2. The molecular formula is C68H100CoN21O21P2-5. The van der Waals surface area contributed by atoms with Gasteiger partial charge in [0.2, 0.25) is 47.3 Å². The fourth-order valence-corrected chi connectivity index (χ4v) is 20.0. The van der Waals surface area contributed by atoms with Crippen LogP contribution in [-0.2, 0) is 82.3 Å². The third-order valence-corrected chi connectivity index (χ3v) is 26.4. The van der Waals surface area contributed by atoms with Gasteiger partial charge in [-0.25, -0.2) is 29.1 Å². The number of allylic oxidation sites excluding steroid dienone is 3. The molecule has 7 aliphatic heterocycles. The number of nitrogens with zero attached hydrogens (tertiary/aromatic N) is 11. The Morgan fingerprint density at radius 1 is 0.708 bits per heavy atom. The molecule has 6 fully saturated rings. The number of phosphoric acid groups is 2. The number of hydrogen-bond acceptors (Lipinski definition) is 26. The molecule has 4 aromatic heterocycles. The van der Waals surface area contributed by atoms with Crippen molar-refractivity contribution in [2.24, 2.45) is 79.7 Å². The molecule has 7 amide bonds. The molecule has 42 nitrogen and oxygen atoms in total. The molecule has 11 rings (SSSR count). The number of primary amides is 6. The van der Waals surface area contributed by atoms with Crippen LogP contribution in [0.1, 0.15) is 145 Å². The van der Waals surface area contributed by atoms with Crippen LogP contribution in [0.4, 0.5) is 11.8 Å². The van der Waals surface area contributed by atoms with Crippen LogP contribution in [0, 0.1) is 52.3 Å². The van der Waals surface area contributed by atoms with E-state index in [1.807, 2.05) is 47.6 Å². The number of aromatic amines is 1. The summed E-state index contributed by atoms with van der Waals surface area (Å²) in [6.07, 6.45) is -7.14. The van der Waals surface area contributed by atoms with E-state index in [0.717, 1.165) is 10.9 Å². The Morgan fingerprint density at radius 3 is 1.89 bits per heavy atom. The summed E-state index contributed by atoms with van der Waals surface area (Å²) in [6, 6.07) is -3.40. The molecule has 8 bridgehead atoms. The average molecular weight is 1670 g/mol. The van der Waals surface area contributed by atoms with Gasteiger partial charge in [0.15, 0.2) is 35.1 Å². The minimum absolute atomic E-state index is 0. The molecule has 7 aliphatic rings. The number of H-pyrrole nitrogens is 1. The van der Waals surface area contributed by atoms with Crippen molar-refractivity contribution in [3.05, 3.63) is 91.8 Å². The first kappa shape index (κ1) is 89.0. The van der Waals surface area contributed by atoms with E-state index in [1.54, 1.807) is 13.8 Å². The number of carbonyl (C=O) groups is 7. The van der Waals surface area contributed by atoms with Gasteiger partial charge in [-0.05, 0) is 97.9 Å². The van der Waals surface area contributed by atoms with Crippen LogP contribution in [0.5, 0.6) is 0 Å². The Balaban J connectivity index is 0.000000669. The average Bonchev–Trinajstić information content (AvgIpc) is 1.53. The summed E-state index contributed by atoms with van der Waals surface area (Å²) in [5.74, 6) is -7.47. The Morgan fingerprint density at radius 2 is 1.29 bits per heavy atom. The maximum absolute atomic E-state index is 14.3. The minimum atomic E-state index is -5.56. The van der Waals surface area contributed by atoms with Gasteiger partial charge < -0.3 is 119 Å². The van der Waals surface area contributed by atoms with E-state index in [0.29, 0.717) is 39.4 Å². The van der Waals surface area contributed by atoms with E-state index in [1.165, 1.54) is 24.1 Å². The quantitative estimate of drug-likeness (QED) is 0.0265. The molecular weight excluding hydrogens is 1570 g/mol. The van der Waals surface area contributed by atoms with Crippen molar-refractivity contribution in [1.82, 2.24) is 44.4 Å². The van der Waals surface area contributed by atoms with Gasteiger partial charge in [-0.3, -0.25) is 61.5 Å². The van der Waals surface area contributed by atoms with E-state index >= 15 is 0 Å². The van der Waals surface area contributed by atoms with Crippen molar-refractivity contribution >= 4 is 91.1 Å². The number of anilines is 2. The number of fused-ring (bicyclic) bond motifs is 11. The Bertz CT molecular complexity index is 4600. The van der Waals surface area contributed by atoms with Gasteiger partial charge >= 0.3 is 15.6 Å². The molecule has 45 heteroatoms. The smallest absolute Gasteiger partial charge is 0.481 e. The zero-order valence-electron chi connectivity index (χ0n) is 63.6. The Kier molecular flexibility index (Phi) is 26.6. The summed E-state index contributed by atoms with van der Waals surface area (Å²) in [5.41, 5.74) is 43.5. The molecule has 23 atom stereocenters. The minimum Gasteiger partial charge on any atom is -0.685 e. The normalized spacial score (nSPS) is 35.4. The third kappa shape index (κ3) is 17.8. The number of imidazole rings is 2. The van der Waals surface area contributed by atoms with Gasteiger partial charge in [0.1, 0.15) is 36.3 Å². The number of aromatic nitrogens is 8. The van der Waals surface area contributed by atoms with Crippen LogP contribution in [-0.4, -0.2) is 196 Å². The van der Waals surface area contributed by atoms with Gasteiger partial charge in [0, 0.05) is 68.3 Å². The van der Waals surface area contributed by atoms with E-state index < -0.39 is 206 Å². The SMILES string of the molecule is C/C1=C2/[N-][C@H]([C@H](CC(N)=O)[C@@]2(C)CCC(=O)NC[C@@H](C)OP(=O)(O)OP(=O)(O)OC[C@H]2O[C@@H](n3cnc4c(=O)[nH]c(N)nc43)[C@H](O)[C@@H]2O)[C@]2(C)[N-]C(/C(C)=C3\[N-]/C(=C\C4[N-]C1[C@@H](CCC(N)=O)C4(C)C)[C@@H](CCC(N)=O)[C@]3(C)CC(N)=O)[C@@H](CCC(N)=O)[C@]2(C)CC(N)=O.[CH2-][C@H]1O[C@@H](n2cnc3c(N)ncnc32)[C@H](O)[C@@H]1O.[Co]. The van der Waals surface area contributed by atoms with Crippen molar-refractivity contribution < 1.29 is 113 Å². The maximum Gasteiger partial charge on any atom is 0.481 e. The number of rotatable bonds is 29. The summed E-state index contributed by atoms with van der Waals surface area (Å²) < 4.78 is 54.6. The number of carbonyl (C=O) groups excluding carboxylic acids is 7. The topological polar surface area (TPSA) is 705 Å². The summed E-state index contributed by atoms with van der Waals surface area (Å²) in [6.45, 7) is 18.2. The number of nitrogens with one attached hydrogen (secondary N) is 2. The number of phosphoric ester groups is 2. The first-order valence-electron chi connectivity index (χ1n) is 36.3. The summed E-state index contributed by atoms with van der Waals surface area (Å²) >= 11 is 0. The Labute approximate surface area is 659 Å². The van der Waals surface area contributed by atoms with Gasteiger partial charge in [-0.1, -0.05) is 41.5 Å². The molecule has 6 saturated heterocycles. The molecule has 0 spiro atoms. The standard InChI is InChI=1S/C58H88N16O18P2.C10H12N5O3.Co/c1-25(91-94(87,88)92-93(85,86)89-23-33-45(82)46(83)52(90-33)74-24-67-44-50(74)71-53(65)72-51(44)84)22-66-41(81)16-17-55(6)31(18-38(62)78)49-58(9)57(8,21-40(64)80)30(12-15-37(61)77)43(73-58)27(3)48-56(7,20-39(63)79)28(10-13-35(59)75)32(68-48)19-34-54(4,5)29(11-14-36(60)76)42(69-34)26(2)47(55)70-49;1-4-6(16)7(17)10(18-4)15-3-14-5-8(11)12-2-13-9(5)15;/h19,24-25,28-31,33-34,42-43,45-46,49,52,82-83H,10-18,20-23H2,1-9H3,(H2,59,75)(H2,60,76)(H2,61,77)(H2,62,78)(H2,63,79)(H2,64,80)(H,66,81)(H,85,86)(H,87,88)(H3,65,71,72,84);2-4,6-7,10,16-17H,1H2,(H2,11,12,13);/q-4;-1;/b32-19-,47-26-,48-27-;;/t25-,28-,29-,30-,31+,33-,34?,42?,43?,45-,46-,49-,52-,55-,56+,57+,58+;4-,6-,7-,10-;/m11./s1. The summed E-state index contributed by atoms with van der Waals surface area (Å²) in [5, 5.41) is 66.0.